The van der Waals surface area contributed by atoms with Crippen molar-refractivity contribution < 1.29 is 5.11 Å². The quantitative estimate of drug-likeness (QED) is 0.591. The van der Waals surface area contributed by atoms with Gasteiger partial charge in [0.15, 0.2) is 5.16 Å². The van der Waals surface area contributed by atoms with E-state index in [0.717, 1.165) is 29.9 Å². The van der Waals surface area contributed by atoms with Crippen LogP contribution in [-0.4, -0.2) is 46.6 Å². The fourth-order valence-corrected chi connectivity index (χ4v) is 2.13. The van der Waals surface area contributed by atoms with E-state index >= 15 is 0 Å². The van der Waals surface area contributed by atoms with Crippen LogP contribution in [0.1, 0.15) is 27.7 Å². The van der Waals surface area contributed by atoms with Gasteiger partial charge in [0.2, 0.25) is 0 Å². The summed E-state index contributed by atoms with van der Waals surface area (Å²) in [5.74, 6) is 1.67. The molecular formula is C13H24N4OS. The van der Waals surface area contributed by atoms with E-state index in [1.54, 1.807) is 13.8 Å². The van der Waals surface area contributed by atoms with E-state index < -0.39 is 5.60 Å². The van der Waals surface area contributed by atoms with E-state index in [1.165, 1.54) is 11.8 Å². The minimum Gasteiger partial charge on any atom is -0.389 e. The van der Waals surface area contributed by atoms with Gasteiger partial charge < -0.3 is 15.3 Å². The van der Waals surface area contributed by atoms with Crippen molar-refractivity contribution in [3.05, 3.63) is 6.07 Å². The molecule has 1 aromatic heterocycles. The van der Waals surface area contributed by atoms with Gasteiger partial charge >= 0.3 is 0 Å². The summed E-state index contributed by atoms with van der Waals surface area (Å²) >= 11 is 1.52. The van der Waals surface area contributed by atoms with Gasteiger partial charge in [0.25, 0.3) is 0 Å². The normalized spacial score (nSPS) is 11.5. The third kappa shape index (κ3) is 5.24. The predicted molar refractivity (Wildman–Crippen MR) is 82.2 cm³/mol. The lowest BCUT2D eigenvalue weighted by atomic mass is 10.1. The standard InChI is InChI=1S/C13H24N4OS/c1-6-14-10-8-11(16-12(15-10)19-5)17(7-2)9-13(3,4)18/h8,18H,6-7,9H2,1-5H3,(H,14,15,16). The molecule has 0 radical (unpaired) electrons. The Morgan fingerprint density at radius 2 is 2.05 bits per heavy atom. The minimum atomic E-state index is -0.751. The third-order valence-electron chi connectivity index (χ3n) is 2.52. The average Bonchev–Trinajstić information content (AvgIpc) is 2.34. The monoisotopic (exact) mass is 284 g/mol. The Kier molecular flexibility index (Phi) is 5.87. The number of hydrogen-bond acceptors (Lipinski definition) is 6. The van der Waals surface area contributed by atoms with Crippen LogP contribution in [0.5, 0.6) is 0 Å². The Balaban J connectivity index is 3.04. The number of rotatable bonds is 7. The highest BCUT2D eigenvalue weighted by Gasteiger charge is 2.19. The average molecular weight is 284 g/mol. The van der Waals surface area contributed by atoms with E-state index in [-0.39, 0.29) is 0 Å². The first kappa shape index (κ1) is 16.0. The summed E-state index contributed by atoms with van der Waals surface area (Å²) in [6.45, 7) is 9.85. The van der Waals surface area contributed by atoms with Crippen molar-refractivity contribution in [3.8, 4) is 0 Å². The van der Waals surface area contributed by atoms with Crippen LogP contribution in [0.2, 0.25) is 0 Å². The lowest BCUT2D eigenvalue weighted by Crippen LogP contribution is -2.39. The second-order valence-corrected chi connectivity index (χ2v) is 5.73. The van der Waals surface area contributed by atoms with E-state index in [9.17, 15) is 5.11 Å². The Hall–Kier alpha value is -1.01. The molecule has 6 heteroatoms. The summed E-state index contributed by atoms with van der Waals surface area (Å²) in [6.07, 6.45) is 1.96. The molecule has 19 heavy (non-hydrogen) atoms. The molecule has 1 rings (SSSR count). The maximum atomic E-state index is 9.97. The van der Waals surface area contributed by atoms with Crippen molar-refractivity contribution in [3.63, 3.8) is 0 Å². The molecule has 0 saturated carbocycles. The van der Waals surface area contributed by atoms with E-state index in [4.69, 9.17) is 0 Å². The van der Waals surface area contributed by atoms with Crippen LogP contribution in [0.25, 0.3) is 0 Å². The third-order valence-corrected chi connectivity index (χ3v) is 3.06. The molecule has 5 nitrogen and oxygen atoms in total. The molecule has 108 valence electrons. The molecule has 1 aromatic rings. The first-order chi connectivity index (χ1) is 8.89. The van der Waals surface area contributed by atoms with Crippen LogP contribution < -0.4 is 10.2 Å². The van der Waals surface area contributed by atoms with Gasteiger partial charge in [-0.2, -0.15) is 0 Å². The number of likely N-dealkylation sites (N-methyl/N-ethyl adjacent to an activating group) is 1. The summed E-state index contributed by atoms with van der Waals surface area (Å²) in [5.41, 5.74) is -0.751. The maximum absolute atomic E-state index is 9.97. The second-order valence-electron chi connectivity index (χ2n) is 4.96. The number of nitrogens with zero attached hydrogens (tertiary/aromatic N) is 3. The van der Waals surface area contributed by atoms with Crippen LogP contribution in [-0.2, 0) is 0 Å². The topological polar surface area (TPSA) is 61.3 Å². The fourth-order valence-electron chi connectivity index (χ4n) is 1.76. The number of thioether (sulfide) groups is 1. The molecule has 0 aliphatic heterocycles. The van der Waals surface area contributed by atoms with E-state index in [2.05, 4.69) is 27.1 Å². The zero-order chi connectivity index (χ0) is 14.5. The van der Waals surface area contributed by atoms with Gasteiger partial charge in [-0.1, -0.05) is 11.8 Å². The Morgan fingerprint density at radius 1 is 1.37 bits per heavy atom. The number of hydrogen-bond donors (Lipinski definition) is 2. The number of anilines is 2. The Morgan fingerprint density at radius 3 is 2.53 bits per heavy atom. The molecule has 0 fully saturated rings. The van der Waals surface area contributed by atoms with Crippen LogP contribution in [0.4, 0.5) is 11.6 Å². The molecule has 0 atom stereocenters. The smallest absolute Gasteiger partial charge is 0.191 e. The molecule has 0 unspecified atom stereocenters. The first-order valence-corrected chi connectivity index (χ1v) is 7.76. The molecule has 1 heterocycles. The van der Waals surface area contributed by atoms with E-state index in [0.29, 0.717) is 6.54 Å². The molecule has 0 saturated heterocycles. The van der Waals surface area contributed by atoms with Gasteiger partial charge in [-0.25, -0.2) is 9.97 Å². The van der Waals surface area contributed by atoms with Crippen LogP contribution in [0, 0.1) is 0 Å². The Bertz CT molecular complexity index is 406. The first-order valence-electron chi connectivity index (χ1n) is 6.54. The number of aliphatic hydroxyl groups is 1. The zero-order valence-corrected chi connectivity index (χ0v) is 13.2. The highest BCUT2D eigenvalue weighted by molar-refractivity contribution is 7.98. The highest BCUT2D eigenvalue weighted by atomic mass is 32.2. The molecule has 0 amide bonds. The number of aromatic nitrogens is 2. The van der Waals surface area contributed by atoms with Crippen molar-refractivity contribution in [2.45, 2.75) is 38.5 Å². The summed E-state index contributed by atoms with van der Waals surface area (Å²) in [7, 11) is 0. The van der Waals surface area contributed by atoms with Gasteiger partial charge in [0, 0.05) is 25.7 Å². The zero-order valence-electron chi connectivity index (χ0n) is 12.4. The maximum Gasteiger partial charge on any atom is 0.191 e. The largest absolute Gasteiger partial charge is 0.389 e. The minimum absolute atomic E-state index is 0.542. The van der Waals surface area contributed by atoms with Gasteiger partial charge in [0.1, 0.15) is 11.6 Å². The van der Waals surface area contributed by atoms with Gasteiger partial charge in [-0.3, -0.25) is 0 Å². The molecule has 0 aliphatic rings. The summed E-state index contributed by atoms with van der Waals surface area (Å²) in [4.78, 5) is 11.0. The summed E-state index contributed by atoms with van der Waals surface area (Å²) in [6, 6.07) is 1.93. The van der Waals surface area contributed by atoms with Crippen molar-refractivity contribution >= 4 is 23.4 Å². The lowest BCUT2D eigenvalue weighted by molar-refractivity contribution is 0.0874. The SMILES string of the molecule is CCNc1cc(N(CC)CC(C)(C)O)nc(SC)n1. The Labute approximate surface area is 119 Å². The van der Waals surface area contributed by atoms with Gasteiger partial charge in [-0.05, 0) is 34.0 Å². The van der Waals surface area contributed by atoms with Crippen LogP contribution in [0.15, 0.2) is 11.2 Å². The highest BCUT2D eigenvalue weighted by Crippen LogP contribution is 2.21. The lowest BCUT2D eigenvalue weighted by Gasteiger charge is -2.29. The predicted octanol–water partition coefficient (Wildman–Crippen LogP) is 2.23. The van der Waals surface area contributed by atoms with Crippen molar-refractivity contribution in [1.29, 1.82) is 0 Å². The van der Waals surface area contributed by atoms with Crippen molar-refractivity contribution in [2.75, 3.05) is 36.1 Å². The molecule has 2 N–H and O–H groups in total. The number of nitrogens with one attached hydrogen (secondary N) is 1. The van der Waals surface area contributed by atoms with Gasteiger partial charge in [-0.15, -0.1) is 0 Å². The fraction of sp³-hybridized carbons (Fsp3) is 0.692. The molecule has 0 spiro atoms. The molecule has 0 bridgehead atoms. The molecule has 0 aromatic carbocycles. The summed E-state index contributed by atoms with van der Waals surface area (Å²) < 4.78 is 0. The molecule has 0 aliphatic carbocycles. The second kappa shape index (κ2) is 6.96. The van der Waals surface area contributed by atoms with Crippen molar-refractivity contribution in [1.82, 2.24) is 9.97 Å². The van der Waals surface area contributed by atoms with Crippen LogP contribution in [0.3, 0.4) is 0 Å². The molecular weight excluding hydrogens is 260 g/mol. The van der Waals surface area contributed by atoms with Gasteiger partial charge in [0.05, 0.1) is 5.60 Å². The van der Waals surface area contributed by atoms with Crippen LogP contribution >= 0.6 is 11.8 Å². The summed E-state index contributed by atoms with van der Waals surface area (Å²) in [5, 5.41) is 13.9. The van der Waals surface area contributed by atoms with Crippen molar-refractivity contribution in [2.24, 2.45) is 0 Å². The van der Waals surface area contributed by atoms with E-state index in [1.807, 2.05) is 19.2 Å².